The number of rotatable bonds is 3. The molecule has 1 fully saturated rings. The summed E-state index contributed by atoms with van der Waals surface area (Å²) in [5, 5.41) is 32.0. The van der Waals surface area contributed by atoms with Crippen molar-refractivity contribution in [2.24, 2.45) is 5.41 Å². The van der Waals surface area contributed by atoms with Gasteiger partial charge in [0.2, 0.25) is 10.0 Å². The van der Waals surface area contributed by atoms with Gasteiger partial charge >= 0.3 is 0 Å². The van der Waals surface area contributed by atoms with E-state index < -0.39 is 33.8 Å². The van der Waals surface area contributed by atoms with Gasteiger partial charge in [0.1, 0.15) is 10.6 Å². The quantitative estimate of drug-likeness (QED) is 0.388. The Balaban J connectivity index is 1.53. The number of pyridine rings is 1. The van der Waals surface area contributed by atoms with Crippen LogP contribution in [0.5, 0.6) is 5.75 Å². The van der Waals surface area contributed by atoms with Gasteiger partial charge in [-0.1, -0.05) is 36.4 Å². The molecular weight excluding hydrogens is 518 g/mol. The van der Waals surface area contributed by atoms with Crippen LogP contribution < -0.4 is 9.46 Å². The molecule has 0 amide bonds. The first-order valence-electron chi connectivity index (χ1n) is 13.1. The number of aliphatic hydroxyl groups excluding tert-OH is 3. The fourth-order valence-corrected chi connectivity index (χ4v) is 6.85. The lowest BCUT2D eigenvalue weighted by atomic mass is 9.85. The Labute approximate surface area is 229 Å². The lowest BCUT2D eigenvalue weighted by Gasteiger charge is -2.37. The van der Waals surface area contributed by atoms with E-state index in [0.29, 0.717) is 13.1 Å². The van der Waals surface area contributed by atoms with E-state index in [-0.39, 0.29) is 43.2 Å². The molecular formula is C29H35N3O6S. The highest BCUT2D eigenvalue weighted by Crippen LogP contribution is 2.41. The number of aryl methyl sites for hydroxylation is 1. The second kappa shape index (κ2) is 11.3. The molecule has 1 spiro atoms. The molecule has 5 rings (SSSR count). The molecule has 0 bridgehead atoms. The van der Waals surface area contributed by atoms with Crippen LogP contribution in [0.15, 0.2) is 71.9 Å². The molecule has 3 aromatic rings. The van der Waals surface area contributed by atoms with Crippen molar-refractivity contribution in [2.45, 2.75) is 49.5 Å². The molecule has 1 saturated carbocycles. The fourth-order valence-electron chi connectivity index (χ4n) is 5.66. The minimum Gasteiger partial charge on any atom is -0.492 e. The predicted octanol–water partition coefficient (Wildman–Crippen LogP) is 2.09. The summed E-state index contributed by atoms with van der Waals surface area (Å²) in [5.41, 5.74) is 3.07. The molecule has 9 nitrogen and oxygen atoms in total. The average Bonchev–Trinajstić information content (AvgIpc) is 3.20. The van der Waals surface area contributed by atoms with Crippen LogP contribution in [0, 0.1) is 12.3 Å². The number of hydrogen-bond acceptors (Lipinski definition) is 8. The van der Waals surface area contributed by atoms with Crippen LogP contribution in [0.3, 0.4) is 0 Å². The zero-order valence-electron chi connectivity index (χ0n) is 21.9. The van der Waals surface area contributed by atoms with Crippen LogP contribution in [-0.4, -0.2) is 78.2 Å². The first kappa shape index (κ1) is 27.7. The standard InChI is InChI=1S/C29H35N3O6S/c1-20-5-2-3-6-23(20)16-32-17-24(33)15-31-39(36,37)28-9-8-21(22-7-4-10-30-14-22)11-27(28)38-19-29(18-32)12-25(34)26(35)13-29/h2-11,14,24-26,31,33-35H,12-13,15-19H2,1H3/t24-,25-,26+,29?/m0/s1. The average molecular weight is 554 g/mol. The Morgan fingerprint density at radius 1 is 1.05 bits per heavy atom. The molecule has 2 heterocycles. The predicted molar refractivity (Wildman–Crippen MR) is 146 cm³/mol. The van der Waals surface area contributed by atoms with Crippen molar-refractivity contribution < 1.29 is 28.5 Å². The summed E-state index contributed by atoms with van der Waals surface area (Å²) >= 11 is 0. The van der Waals surface area contributed by atoms with E-state index in [9.17, 15) is 23.7 Å². The van der Waals surface area contributed by atoms with Crippen LogP contribution in [0.25, 0.3) is 11.1 Å². The Hall–Kier alpha value is -2.86. The fraction of sp³-hybridized carbons (Fsp3) is 0.414. The number of fused-ring (bicyclic) bond motifs is 1. The molecule has 1 unspecified atom stereocenters. The number of hydrogen-bond donors (Lipinski definition) is 4. The van der Waals surface area contributed by atoms with E-state index in [4.69, 9.17) is 4.74 Å². The third-order valence-corrected chi connectivity index (χ3v) is 9.15. The first-order chi connectivity index (χ1) is 18.6. The van der Waals surface area contributed by atoms with E-state index in [1.54, 1.807) is 30.6 Å². The summed E-state index contributed by atoms with van der Waals surface area (Å²) in [4.78, 5) is 6.18. The Bertz CT molecular complexity index is 1390. The summed E-state index contributed by atoms with van der Waals surface area (Å²) in [7, 11) is -4.01. The highest BCUT2D eigenvalue weighted by Gasteiger charge is 2.46. The van der Waals surface area contributed by atoms with E-state index >= 15 is 0 Å². The normalized spacial score (nSPS) is 27.7. The van der Waals surface area contributed by atoms with E-state index in [1.165, 1.54) is 6.07 Å². The van der Waals surface area contributed by atoms with Gasteiger partial charge in [0.25, 0.3) is 0 Å². The molecule has 2 aromatic carbocycles. The number of benzene rings is 2. The molecule has 10 heteroatoms. The van der Waals surface area contributed by atoms with Crippen LogP contribution in [0.1, 0.15) is 24.0 Å². The number of nitrogens with one attached hydrogen (secondary N) is 1. The SMILES string of the molecule is Cc1ccccc1CN1C[C@@H](O)CNS(=O)(=O)c2ccc(-c3cccnc3)cc2OCC2(C[C@@H](O)[C@@H](O)C2)C1. The second-order valence-corrected chi connectivity index (χ2v) is 12.6. The van der Waals surface area contributed by atoms with Crippen molar-refractivity contribution in [3.63, 3.8) is 0 Å². The van der Waals surface area contributed by atoms with Crippen molar-refractivity contribution in [1.82, 2.24) is 14.6 Å². The molecule has 1 aliphatic carbocycles. The van der Waals surface area contributed by atoms with Gasteiger partial charge in [-0.2, -0.15) is 0 Å². The Morgan fingerprint density at radius 2 is 1.82 bits per heavy atom. The number of sulfonamides is 1. The summed E-state index contributed by atoms with van der Waals surface area (Å²) in [5.74, 6) is 0.166. The van der Waals surface area contributed by atoms with E-state index in [0.717, 1.165) is 22.3 Å². The van der Waals surface area contributed by atoms with Crippen molar-refractivity contribution >= 4 is 10.0 Å². The number of nitrogens with zero attached hydrogens (tertiary/aromatic N) is 2. The Morgan fingerprint density at radius 3 is 2.54 bits per heavy atom. The molecule has 39 heavy (non-hydrogen) atoms. The largest absolute Gasteiger partial charge is 0.492 e. The maximum atomic E-state index is 13.3. The van der Waals surface area contributed by atoms with Crippen molar-refractivity contribution in [3.05, 3.63) is 78.1 Å². The second-order valence-electron chi connectivity index (χ2n) is 10.8. The van der Waals surface area contributed by atoms with Gasteiger partial charge in [-0.25, -0.2) is 13.1 Å². The highest BCUT2D eigenvalue weighted by molar-refractivity contribution is 7.89. The first-order valence-corrected chi connectivity index (χ1v) is 14.6. The summed E-state index contributed by atoms with van der Waals surface area (Å²) in [6.45, 7) is 3.10. The molecule has 2 aliphatic rings. The highest BCUT2D eigenvalue weighted by atomic mass is 32.2. The number of aromatic nitrogens is 1. The maximum Gasteiger partial charge on any atom is 0.244 e. The molecule has 0 saturated heterocycles. The van der Waals surface area contributed by atoms with Crippen LogP contribution in [0.2, 0.25) is 0 Å². The number of aliphatic hydroxyl groups is 3. The number of ether oxygens (including phenoxy) is 1. The molecule has 208 valence electrons. The zero-order valence-corrected chi connectivity index (χ0v) is 22.7. The lowest BCUT2D eigenvalue weighted by molar-refractivity contribution is 0.0427. The minimum atomic E-state index is -4.01. The van der Waals surface area contributed by atoms with E-state index in [2.05, 4.69) is 14.6 Å². The van der Waals surface area contributed by atoms with Crippen LogP contribution >= 0.6 is 0 Å². The van der Waals surface area contributed by atoms with Gasteiger partial charge in [-0.05, 0) is 54.7 Å². The number of β-amino-alcohol motifs (C(OH)–C–C–N with tert-alkyl or cyclic N) is 1. The summed E-state index contributed by atoms with van der Waals surface area (Å²) in [6, 6.07) is 16.5. The molecule has 4 N–H and O–H groups in total. The molecule has 4 atom stereocenters. The topological polar surface area (TPSA) is 132 Å². The Kier molecular flexibility index (Phi) is 8.04. The monoisotopic (exact) mass is 553 g/mol. The van der Waals surface area contributed by atoms with Gasteiger partial charge in [0.15, 0.2) is 0 Å². The van der Waals surface area contributed by atoms with Crippen LogP contribution in [0.4, 0.5) is 0 Å². The van der Waals surface area contributed by atoms with Crippen molar-refractivity contribution in [2.75, 3.05) is 26.2 Å². The van der Waals surface area contributed by atoms with Gasteiger partial charge < -0.3 is 20.1 Å². The smallest absolute Gasteiger partial charge is 0.244 e. The summed E-state index contributed by atoms with van der Waals surface area (Å²) < 4.78 is 35.5. The minimum absolute atomic E-state index is 0.0334. The van der Waals surface area contributed by atoms with Gasteiger partial charge in [-0.3, -0.25) is 9.88 Å². The van der Waals surface area contributed by atoms with Gasteiger partial charge in [-0.15, -0.1) is 0 Å². The maximum absolute atomic E-state index is 13.3. The van der Waals surface area contributed by atoms with E-state index in [1.807, 2.05) is 37.3 Å². The molecule has 1 aliphatic heterocycles. The molecule has 1 aromatic heterocycles. The van der Waals surface area contributed by atoms with Gasteiger partial charge in [0, 0.05) is 49.6 Å². The van der Waals surface area contributed by atoms with Crippen molar-refractivity contribution in [3.8, 4) is 16.9 Å². The lowest BCUT2D eigenvalue weighted by Crippen LogP contribution is -2.46. The third kappa shape index (κ3) is 6.32. The zero-order chi connectivity index (χ0) is 27.6. The third-order valence-electron chi connectivity index (χ3n) is 7.68. The summed E-state index contributed by atoms with van der Waals surface area (Å²) in [6.07, 6.45) is 1.12. The van der Waals surface area contributed by atoms with Crippen LogP contribution in [-0.2, 0) is 16.6 Å². The van der Waals surface area contributed by atoms with Gasteiger partial charge in [0.05, 0.1) is 24.9 Å². The van der Waals surface area contributed by atoms with Crippen molar-refractivity contribution in [1.29, 1.82) is 0 Å². The molecule has 0 radical (unpaired) electrons.